The van der Waals surface area contributed by atoms with E-state index in [-0.39, 0.29) is 11.0 Å². The summed E-state index contributed by atoms with van der Waals surface area (Å²) < 4.78 is 0. The second-order valence-corrected chi connectivity index (χ2v) is 5.78. The van der Waals surface area contributed by atoms with E-state index in [9.17, 15) is 10.1 Å². The van der Waals surface area contributed by atoms with E-state index in [1.165, 1.54) is 0 Å². The summed E-state index contributed by atoms with van der Waals surface area (Å²) in [6, 6.07) is 0. The molecule has 0 aliphatic carbocycles. The largest absolute Gasteiger partial charge is 0.349 e. The smallest absolute Gasteiger partial charge is 0.332 e. The predicted molar refractivity (Wildman–Crippen MR) is 77.2 cm³/mol. The SMILES string of the molecule is CCCc1nc(Cl)nc(N2CCSCC2)c1[N+](=O)[O-]. The highest BCUT2D eigenvalue weighted by molar-refractivity contribution is 7.99. The van der Waals surface area contributed by atoms with Gasteiger partial charge < -0.3 is 4.90 Å². The van der Waals surface area contributed by atoms with E-state index in [1.807, 2.05) is 23.6 Å². The van der Waals surface area contributed by atoms with E-state index in [4.69, 9.17) is 11.6 Å². The van der Waals surface area contributed by atoms with Gasteiger partial charge >= 0.3 is 5.69 Å². The van der Waals surface area contributed by atoms with E-state index in [0.717, 1.165) is 31.0 Å². The number of hydrogen-bond donors (Lipinski definition) is 0. The van der Waals surface area contributed by atoms with Crippen LogP contribution in [0.3, 0.4) is 0 Å². The van der Waals surface area contributed by atoms with Crippen LogP contribution in [0.15, 0.2) is 0 Å². The molecule has 0 N–H and O–H groups in total. The third kappa shape index (κ3) is 3.27. The van der Waals surface area contributed by atoms with Crippen molar-refractivity contribution in [1.82, 2.24) is 9.97 Å². The van der Waals surface area contributed by atoms with Crippen LogP contribution in [0.4, 0.5) is 11.5 Å². The highest BCUT2D eigenvalue weighted by Gasteiger charge is 2.28. The number of halogens is 1. The lowest BCUT2D eigenvalue weighted by molar-refractivity contribution is -0.385. The first kappa shape index (κ1) is 14.3. The van der Waals surface area contributed by atoms with Gasteiger partial charge in [-0.15, -0.1) is 0 Å². The molecule has 1 aromatic heterocycles. The van der Waals surface area contributed by atoms with Crippen molar-refractivity contribution in [3.63, 3.8) is 0 Å². The van der Waals surface area contributed by atoms with Gasteiger partial charge in [0.05, 0.1) is 4.92 Å². The Kier molecular flexibility index (Phi) is 4.81. The van der Waals surface area contributed by atoms with Crippen LogP contribution in [0.2, 0.25) is 5.28 Å². The number of rotatable bonds is 4. The van der Waals surface area contributed by atoms with Gasteiger partial charge in [0.25, 0.3) is 0 Å². The molecule has 0 saturated carbocycles. The van der Waals surface area contributed by atoms with E-state index in [1.54, 1.807) is 0 Å². The number of aryl methyl sites for hydroxylation is 1. The van der Waals surface area contributed by atoms with Gasteiger partial charge in [0.1, 0.15) is 5.69 Å². The molecule has 6 nitrogen and oxygen atoms in total. The van der Waals surface area contributed by atoms with Crippen molar-refractivity contribution in [1.29, 1.82) is 0 Å². The third-order valence-electron chi connectivity index (χ3n) is 2.89. The number of hydrogen-bond acceptors (Lipinski definition) is 6. The fourth-order valence-electron chi connectivity index (χ4n) is 2.05. The van der Waals surface area contributed by atoms with Crippen LogP contribution in [-0.2, 0) is 6.42 Å². The quantitative estimate of drug-likeness (QED) is 0.483. The number of anilines is 1. The molecule has 2 rings (SSSR count). The van der Waals surface area contributed by atoms with Crippen LogP contribution < -0.4 is 4.90 Å². The zero-order valence-electron chi connectivity index (χ0n) is 10.6. The lowest BCUT2D eigenvalue weighted by Gasteiger charge is -2.27. The molecule has 19 heavy (non-hydrogen) atoms. The van der Waals surface area contributed by atoms with Crippen molar-refractivity contribution < 1.29 is 4.92 Å². The fourth-order valence-corrected chi connectivity index (χ4v) is 3.14. The Hall–Kier alpha value is -1.08. The molecule has 1 aliphatic heterocycles. The van der Waals surface area contributed by atoms with Crippen LogP contribution in [0.25, 0.3) is 0 Å². The maximum Gasteiger partial charge on any atom is 0.332 e. The van der Waals surface area contributed by atoms with Gasteiger partial charge in [-0.1, -0.05) is 13.3 Å². The van der Waals surface area contributed by atoms with Crippen LogP contribution in [-0.4, -0.2) is 39.5 Å². The van der Waals surface area contributed by atoms with E-state index in [2.05, 4.69) is 9.97 Å². The Morgan fingerprint density at radius 3 is 2.68 bits per heavy atom. The summed E-state index contributed by atoms with van der Waals surface area (Å²) in [5.74, 6) is 2.26. The average molecular weight is 303 g/mol. The van der Waals surface area contributed by atoms with Crippen LogP contribution in [0.1, 0.15) is 19.0 Å². The molecule has 1 fully saturated rings. The van der Waals surface area contributed by atoms with E-state index in [0.29, 0.717) is 17.9 Å². The molecule has 8 heteroatoms. The minimum atomic E-state index is -0.390. The number of nitro groups is 1. The molecule has 0 bridgehead atoms. The molecule has 1 aromatic rings. The van der Waals surface area contributed by atoms with Gasteiger partial charge in [-0.3, -0.25) is 10.1 Å². The molecule has 1 aliphatic rings. The Morgan fingerprint density at radius 1 is 1.42 bits per heavy atom. The zero-order chi connectivity index (χ0) is 13.8. The number of aromatic nitrogens is 2. The monoisotopic (exact) mass is 302 g/mol. The Labute approximate surface area is 120 Å². The fraction of sp³-hybridized carbons (Fsp3) is 0.636. The van der Waals surface area contributed by atoms with Crippen molar-refractivity contribution in [3.8, 4) is 0 Å². The summed E-state index contributed by atoms with van der Waals surface area (Å²) in [5, 5.41) is 11.4. The minimum Gasteiger partial charge on any atom is -0.349 e. The molecule has 104 valence electrons. The number of thioether (sulfide) groups is 1. The van der Waals surface area contributed by atoms with Crippen molar-refractivity contribution >= 4 is 34.9 Å². The molecule has 1 saturated heterocycles. The van der Waals surface area contributed by atoms with Gasteiger partial charge in [0.15, 0.2) is 0 Å². The standard InChI is InChI=1S/C11H15ClN4O2S/c1-2-3-8-9(16(17)18)10(14-11(12)13-8)15-4-6-19-7-5-15/h2-7H2,1H3. The lowest BCUT2D eigenvalue weighted by atomic mass is 10.2. The molecular weight excluding hydrogens is 288 g/mol. The predicted octanol–water partition coefficient (Wildman–Crippen LogP) is 2.54. The second-order valence-electron chi connectivity index (χ2n) is 4.22. The highest BCUT2D eigenvalue weighted by atomic mass is 35.5. The normalized spacial score (nSPS) is 15.6. The van der Waals surface area contributed by atoms with Crippen molar-refractivity contribution in [2.24, 2.45) is 0 Å². The summed E-state index contributed by atoms with van der Waals surface area (Å²) in [4.78, 5) is 21.0. The van der Waals surface area contributed by atoms with Crippen molar-refractivity contribution in [2.45, 2.75) is 19.8 Å². The molecule has 0 spiro atoms. The molecule has 0 aromatic carbocycles. The summed E-state index contributed by atoms with van der Waals surface area (Å²) >= 11 is 7.74. The Balaban J connectivity index is 2.47. The lowest BCUT2D eigenvalue weighted by Crippen LogP contribution is -2.34. The van der Waals surface area contributed by atoms with Crippen molar-refractivity contribution in [3.05, 3.63) is 21.1 Å². The maximum atomic E-state index is 11.3. The summed E-state index contributed by atoms with van der Waals surface area (Å²) in [6.07, 6.45) is 1.32. The second kappa shape index (κ2) is 6.38. The molecule has 0 atom stereocenters. The first-order chi connectivity index (χ1) is 9.13. The first-order valence-corrected chi connectivity index (χ1v) is 7.70. The average Bonchev–Trinajstić information content (AvgIpc) is 2.39. The molecule has 0 amide bonds. The van der Waals surface area contributed by atoms with Gasteiger partial charge in [-0.25, -0.2) is 4.98 Å². The molecular formula is C11H15ClN4O2S. The van der Waals surface area contributed by atoms with Gasteiger partial charge in [0, 0.05) is 24.6 Å². The van der Waals surface area contributed by atoms with Crippen LogP contribution in [0, 0.1) is 10.1 Å². The zero-order valence-corrected chi connectivity index (χ0v) is 12.2. The van der Waals surface area contributed by atoms with Gasteiger partial charge in [-0.2, -0.15) is 16.7 Å². The van der Waals surface area contributed by atoms with Crippen molar-refractivity contribution in [2.75, 3.05) is 29.5 Å². The summed E-state index contributed by atoms with van der Waals surface area (Å²) in [6.45, 7) is 3.46. The highest BCUT2D eigenvalue weighted by Crippen LogP contribution is 2.32. The third-order valence-corrected chi connectivity index (χ3v) is 4.00. The molecule has 0 radical (unpaired) electrons. The summed E-state index contributed by atoms with van der Waals surface area (Å²) in [7, 11) is 0. The van der Waals surface area contributed by atoms with Gasteiger partial charge in [0.2, 0.25) is 11.1 Å². The van der Waals surface area contributed by atoms with Crippen LogP contribution >= 0.6 is 23.4 Å². The number of nitrogens with zero attached hydrogens (tertiary/aromatic N) is 4. The summed E-state index contributed by atoms with van der Waals surface area (Å²) in [5.41, 5.74) is 0.443. The van der Waals surface area contributed by atoms with Gasteiger partial charge in [-0.05, 0) is 18.0 Å². The maximum absolute atomic E-state index is 11.3. The van der Waals surface area contributed by atoms with E-state index < -0.39 is 4.92 Å². The minimum absolute atomic E-state index is 0.0122. The topological polar surface area (TPSA) is 72.2 Å². The Morgan fingerprint density at radius 2 is 2.11 bits per heavy atom. The first-order valence-electron chi connectivity index (χ1n) is 6.17. The Bertz CT molecular complexity index is 480. The molecule has 0 unspecified atom stereocenters. The van der Waals surface area contributed by atoms with E-state index >= 15 is 0 Å². The molecule has 2 heterocycles. The van der Waals surface area contributed by atoms with Crippen LogP contribution in [0.5, 0.6) is 0 Å².